The third-order valence-electron chi connectivity index (χ3n) is 2.02. The third kappa shape index (κ3) is 5.56. The molecule has 1 heterocycles. The average Bonchev–Trinajstić information content (AvgIpc) is 2.61. The van der Waals surface area contributed by atoms with Gasteiger partial charge in [0.1, 0.15) is 0 Å². The monoisotopic (exact) mass is 173 g/mol. The van der Waals surface area contributed by atoms with Crippen molar-refractivity contribution in [1.82, 2.24) is 4.90 Å². The van der Waals surface area contributed by atoms with Gasteiger partial charge in [0.25, 0.3) is 0 Å². The highest BCUT2D eigenvalue weighted by molar-refractivity contribution is 4.65. The first-order valence-electron chi connectivity index (χ1n) is 5.15. The van der Waals surface area contributed by atoms with Crippen molar-refractivity contribution in [1.29, 1.82) is 0 Å². The first kappa shape index (κ1) is 11.9. The second-order valence-corrected chi connectivity index (χ2v) is 2.90. The number of likely N-dealkylation sites (tertiary alicyclic amines) is 1. The molecule has 0 unspecified atom stereocenters. The normalized spacial score (nSPS) is 17.2. The zero-order valence-electron chi connectivity index (χ0n) is 8.81. The fourth-order valence-corrected chi connectivity index (χ4v) is 1.44. The summed E-state index contributed by atoms with van der Waals surface area (Å²) in [5.74, 6) is 0. The zero-order valence-corrected chi connectivity index (χ0v) is 8.81. The van der Waals surface area contributed by atoms with Gasteiger partial charge in [-0.15, -0.1) is 0 Å². The summed E-state index contributed by atoms with van der Waals surface area (Å²) < 4.78 is 4.97. The van der Waals surface area contributed by atoms with Crippen LogP contribution in [0.2, 0.25) is 0 Å². The van der Waals surface area contributed by atoms with E-state index in [2.05, 4.69) is 4.90 Å². The van der Waals surface area contributed by atoms with Crippen molar-refractivity contribution in [3.8, 4) is 0 Å². The number of rotatable bonds is 4. The van der Waals surface area contributed by atoms with E-state index in [9.17, 15) is 0 Å². The van der Waals surface area contributed by atoms with Crippen molar-refractivity contribution in [3.05, 3.63) is 0 Å². The second-order valence-electron chi connectivity index (χ2n) is 2.90. The number of nitrogens with zero attached hydrogens (tertiary/aromatic N) is 1. The summed E-state index contributed by atoms with van der Waals surface area (Å²) in [6.45, 7) is 8.76. The maximum Gasteiger partial charge on any atom is 0.0474 e. The van der Waals surface area contributed by atoms with Crippen LogP contribution in [0, 0.1) is 0 Å². The summed E-state index contributed by atoms with van der Waals surface area (Å²) in [6, 6.07) is 0. The molecule has 2 heteroatoms. The summed E-state index contributed by atoms with van der Waals surface area (Å²) >= 11 is 0. The molecular weight excluding hydrogens is 150 g/mol. The Balaban J connectivity index is 0.000000561. The summed E-state index contributed by atoms with van der Waals surface area (Å²) in [4.78, 5) is 2.51. The Morgan fingerprint density at radius 3 is 2.25 bits per heavy atom. The minimum absolute atomic E-state index is 0.913. The second kappa shape index (κ2) is 9.01. The lowest BCUT2D eigenvalue weighted by Gasteiger charge is -2.12. The largest absolute Gasteiger partial charge is 0.385 e. The molecule has 12 heavy (non-hydrogen) atoms. The Morgan fingerprint density at radius 1 is 1.17 bits per heavy atom. The highest BCUT2D eigenvalue weighted by Gasteiger charge is 2.09. The van der Waals surface area contributed by atoms with Gasteiger partial charge in [0.2, 0.25) is 0 Å². The molecule has 74 valence electrons. The molecule has 1 fully saturated rings. The van der Waals surface area contributed by atoms with Gasteiger partial charge in [0.15, 0.2) is 0 Å². The Morgan fingerprint density at radius 2 is 1.75 bits per heavy atom. The highest BCUT2D eigenvalue weighted by Crippen LogP contribution is 2.06. The number of methoxy groups -OCH3 is 1. The smallest absolute Gasteiger partial charge is 0.0474 e. The van der Waals surface area contributed by atoms with Crippen molar-refractivity contribution in [3.63, 3.8) is 0 Å². The summed E-state index contributed by atoms with van der Waals surface area (Å²) in [7, 11) is 1.77. The van der Waals surface area contributed by atoms with Gasteiger partial charge in [-0.1, -0.05) is 13.8 Å². The van der Waals surface area contributed by atoms with Gasteiger partial charge in [-0.05, 0) is 32.4 Å². The quantitative estimate of drug-likeness (QED) is 0.604. The van der Waals surface area contributed by atoms with Crippen LogP contribution in [0.3, 0.4) is 0 Å². The van der Waals surface area contributed by atoms with Crippen LogP contribution in [0.5, 0.6) is 0 Å². The van der Waals surface area contributed by atoms with E-state index in [0.29, 0.717) is 0 Å². The van der Waals surface area contributed by atoms with E-state index in [1.807, 2.05) is 13.8 Å². The molecule has 0 bridgehead atoms. The molecule has 0 saturated carbocycles. The summed E-state index contributed by atoms with van der Waals surface area (Å²) in [5.41, 5.74) is 0. The molecule has 1 rings (SSSR count). The first-order valence-corrected chi connectivity index (χ1v) is 5.15. The van der Waals surface area contributed by atoms with Crippen LogP contribution in [-0.4, -0.2) is 38.3 Å². The van der Waals surface area contributed by atoms with Crippen LogP contribution in [0.25, 0.3) is 0 Å². The minimum atomic E-state index is 0.913. The van der Waals surface area contributed by atoms with Crippen molar-refractivity contribution >= 4 is 0 Å². The van der Waals surface area contributed by atoms with E-state index < -0.39 is 0 Å². The number of hydrogen-bond acceptors (Lipinski definition) is 2. The molecule has 0 aromatic rings. The lowest BCUT2D eigenvalue weighted by molar-refractivity contribution is 0.179. The van der Waals surface area contributed by atoms with E-state index in [-0.39, 0.29) is 0 Å². The van der Waals surface area contributed by atoms with Crippen LogP contribution in [0.15, 0.2) is 0 Å². The Bertz CT molecular complexity index is 79.9. The molecular formula is C10H23NO. The fourth-order valence-electron chi connectivity index (χ4n) is 1.44. The lowest BCUT2D eigenvalue weighted by Crippen LogP contribution is -2.21. The van der Waals surface area contributed by atoms with Crippen molar-refractivity contribution in [2.45, 2.75) is 33.1 Å². The molecule has 2 nitrogen and oxygen atoms in total. The first-order chi connectivity index (χ1) is 5.93. The molecule has 0 atom stereocenters. The van der Waals surface area contributed by atoms with Gasteiger partial charge in [-0.3, -0.25) is 0 Å². The van der Waals surface area contributed by atoms with Gasteiger partial charge in [0, 0.05) is 20.3 Å². The Hall–Kier alpha value is -0.0800. The van der Waals surface area contributed by atoms with E-state index in [0.717, 1.165) is 6.61 Å². The molecule has 0 radical (unpaired) electrons. The maximum atomic E-state index is 4.97. The summed E-state index contributed by atoms with van der Waals surface area (Å²) in [6.07, 6.45) is 3.98. The van der Waals surface area contributed by atoms with Crippen LogP contribution in [-0.2, 0) is 4.74 Å². The molecule has 1 aliphatic rings. The topological polar surface area (TPSA) is 12.5 Å². The molecule has 0 aromatic heterocycles. The van der Waals surface area contributed by atoms with E-state index in [4.69, 9.17) is 4.74 Å². The Labute approximate surface area is 76.9 Å². The van der Waals surface area contributed by atoms with E-state index in [1.165, 1.54) is 38.9 Å². The Kier molecular flexibility index (Phi) is 8.95. The molecule has 1 saturated heterocycles. The SMILES string of the molecule is CC.COCCCN1CCCC1. The molecule has 0 aromatic carbocycles. The van der Waals surface area contributed by atoms with Gasteiger partial charge in [-0.25, -0.2) is 0 Å². The van der Waals surface area contributed by atoms with Crippen LogP contribution < -0.4 is 0 Å². The predicted octanol–water partition coefficient (Wildman–Crippen LogP) is 2.14. The van der Waals surface area contributed by atoms with Crippen LogP contribution in [0.4, 0.5) is 0 Å². The predicted molar refractivity (Wildman–Crippen MR) is 53.5 cm³/mol. The van der Waals surface area contributed by atoms with Gasteiger partial charge < -0.3 is 9.64 Å². The molecule has 0 aliphatic carbocycles. The highest BCUT2D eigenvalue weighted by atomic mass is 16.5. The third-order valence-corrected chi connectivity index (χ3v) is 2.02. The van der Waals surface area contributed by atoms with Crippen LogP contribution in [0.1, 0.15) is 33.1 Å². The van der Waals surface area contributed by atoms with E-state index in [1.54, 1.807) is 7.11 Å². The van der Waals surface area contributed by atoms with E-state index >= 15 is 0 Å². The number of hydrogen-bond donors (Lipinski definition) is 0. The van der Waals surface area contributed by atoms with Gasteiger partial charge in [0.05, 0.1) is 0 Å². The van der Waals surface area contributed by atoms with Crippen LogP contribution >= 0.6 is 0 Å². The van der Waals surface area contributed by atoms with Crippen molar-refractivity contribution in [2.75, 3.05) is 33.4 Å². The summed E-state index contributed by atoms with van der Waals surface area (Å²) in [5, 5.41) is 0. The molecule has 0 N–H and O–H groups in total. The van der Waals surface area contributed by atoms with Gasteiger partial charge >= 0.3 is 0 Å². The minimum Gasteiger partial charge on any atom is -0.385 e. The van der Waals surface area contributed by atoms with Crippen molar-refractivity contribution < 1.29 is 4.74 Å². The maximum absolute atomic E-state index is 4.97. The number of ether oxygens (including phenoxy) is 1. The molecule has 0 spiro atoms. The fraction of sp³-hybridized carbons (Fsp3) is 1.00. The standard InChI is InChI=1S/C8H17NO.C2H6/c1-10-8-4-7-9-5-2-3-6-9;1-2/h2-8H2,1H3;1-2H3. The average molecular weight is 173 g/mol. The van der Waals surface area contributed by atoms with Crippen molar-refractivity contribution in [2.24, 2.45) is 0 Å². The van der Waals surface area contributed by atoms with Gasteiger partial charge in [-0.2, -0.15) is 0 Å². The molecule has 1 aliphatic heterocycles. The molecule has 0 amide bonds. The zero-order chi connectivity index (χ0) is 9.23. The lowest BCUT2D eigenvalue weighted by atomic mass is 10.4.